The van der Waals surface area contributed by atoms with E-state index in [4.69, 9.17) is 10.6 Å². The Bertz CT molecular complexity index is 179. The molecule has 3 heteroatoms. The lowest BCUT2D eigenvalue weighted by molar-refractivity contribution is 0.100. The Labute approximate surface area is 100 Å². The van der Waals surface area contributed by atoms with Gasteiger partial charge in [-0.05, 0) is 43.9 Å². The van der Waals surface area contributed by atoms with Gasteiger partial charge in [-0.2, -0.15) is 0 Å². The van der Waals surface area contributed by atoms with Gasteiger partial charge in [0.05, 0.1) is 6.10 Å². The number of hydrogen-bond acceptors (Lipinski definition) is 3. The van der Waals surface area contributed by atoms with Crippen molar-refractivity contribution in [2.75, 3.05) is 6.61 Å². The third kappa shape index (κ3) is 4.40. The van der Waals surface area contributed by atoms with E-state index in [0.717, 1.165) is 13.0 Å². The summed E-state index contributed by atoms with van der Waals surface area (Å²) in [7, 11) is 0. The van der Waals surface area contributed by atoms with E-state index in [0.29, 0.717) is 24.0 Å². The fraction of sp³-hybridized carbons (Fsp3) is 1.00. The summed E-state index contributed by atoms with van der Waals surface area (Å²) >= 11 is 0. The molecule has 16 heavy (non-hydrogen) atoms. The quantitative estimate of drug-likeness (QED) is 0.520. The molecule has 0 aromatic heterocycles. The fourth-order valence-electron chi connectivity index (χ4n) is 2.40. The zero-order valence-electron chi connectivity index (χ0n) is 11.0. The van der Waals surface area contributed by atoms with Crippen LogP contribution in [0.3, 0.4) is 0 Å². The molecule has 0 radical (unpaired) electrons. The van der Waals surface area contributed by atoms with Gasteiger partial charge in [0.15, 0.2) is 0 Å². The first kappa shape index (κ1) is 13.9. The Morgan fingerprint density at radius 1 is 1.38 bits per heavy atom. The number of rotatable bonds is 7. The van der Waals surface area contributed by atoms with Gasteiger partial charge in [0.2, 0.25) is 0 Å². The topological polar surface area (TPSA) is 47.3 Å². The van der Waals surface area contributed by atoms with Crippen molar-refractivity contribution >= 4 is 0 Å². The summed E-state index contributed by atoms with van der Waals surface area (Å²) in [6.45, 7) is 7.76. The highest BCUT2D eigenvalue weighted by Gasteiger charge is 2.20. The van der Waals surface area contributed by atoms with Crippen LogP contribution in [0.25, 0.3) is 0 Å². The van der Waals surface area contributed by atoms with Gasteiger partial charge in [-0.15, -0.1) is 0 Å². The molecule has 3 unspecified atom stereocenters. The summed E-state index contributed by atoms with van der Waals surface area (Å²) < 4.78 is 5.62. The summed E-state index contributed by atoms with van der Waals surface area (Å²) in [5, 5.41) is 0. The first-order valence-corrected chi connectivity index (χ1v) is 6.73. The smallest absolute Gasteiger partial charge is 0.0576 e. The lowest BCUT2D eigenvalue weighted by Crippen LogP contribution is -2.41. The minimum atomic E-state index is 0.446. The highest BCUT2D eigenvalue weighted by Crippen LogP contribution is 2.21. The summed E-state index contributed by atoms with van der Waals surface area (Å²) in [5.41, 5.74) is 2.97. The molecule has 1 heterocycles. The Hall–Kier alpha value is -0.120. The van der Waals surface area contributed by atoms with Crippen molar-refractivity contribution in [2.24, 2.45) is 17.7 Å². The van der Waals surface area contributed by atoms with Crippen molar-refractivity contribution in [3.05, 3.63) is 0 Å². The third-order valence-electron chi connectivity index (χ3n) is 3.97. The Kier molecular flexibility index (Phi) is 6.32. The predicted octanol–water partition coefficient (Wildman–Crippen LogP) is 2.46. The van der Waals surface area contributed by atoms with Crippen LogP contribution in [0.4, 0.5) is 0 Å². The second kappa shape index (κ2) is 7.25. The van der Waals surface area contributed by atoms with Gasteiger partial charge >= 0.3 is 0 Å². The second-order valence-corrected chi connectivity index (χ2v) is 5.44. The molecule has 1 fully saturated rings. The number of hydrogen-bond donors (Lipinski definition) is 2. The van der Waals surface area contributed by atoms with Crippen LogP contribution in [0.1, 0.15) is 52.9 Å². The highest BCUT2D eigenvalue weighted by molar-refractivity contribution is 4.74. The zero-order chi connectivity index (χ0) is 12.0. The lowest BCUT2D eigenvalue weighted by Gasteiger charge is -2.26. The molecule has 0 spiro atoms. The summed E-state index contributed by atoms with van der Waals surface area (Å²) in [6, 6.07) is 0.446. The molecule has 1 aliphatic rings. The van der Waals surface area contributed by atoms with Gasteiger partial charge < -0.3 is 4.74 Å². The molecule has 0 amide bonds. The largest absolute Gasteiger partial charge is 0.378 e. The molecule has 3 nitrogen and oxygen atoms in total. The summed E-state index contributed by atoms with van der Waals surface area (Å²) in [6.07, 6.45) is 6.59. The number of hydrazine groups is 1. The molecule has 0 aliphatic carbocycles. The van der Waals surface area contributed by atoms with Crippen molar-refractivity contribution in [1.29, 1.82) is 0 Å². The van der Waals surface area contributed by atoms with Gasteiger partial charge in [-0.3, -0.25) is 11.3 Å². The zero-order valence-corrected chi connectivity index (χ0v) is 11.0. The standard InChI is InChI=1S/C13H28N2O/c1-10(2)11(3)13(15-14)8-4-6-12-7-5-9-16-12/h10-13,15H,4-9,14H2,1-3H3. The summed E-state index contributed by atoms with van der Waals surface area (Å²) in [4.78, 5) is 0. The van der Waals surface area contributed by atoms with E-state index in [-0.39, 0.29) is 0 Å². The SMILES string of the molecule is CC(C)C(C)C(CCCC1CCCO1)NN. The molecule has 96 valence electrons. The van der Waals surface area contributed by atoms with Crippen LogP contribution in [0.2, 0.25) is 0 Å². The molecule has 1 saturated heterocycles. The van der Waals surface area contributed by atoms with Crippen LogP contribution < -0.4 is 11.3 Å². The highest BCUT2D eigenvalue weighted by atomic mass is 16.5. The molecule has 3 N–H and O–H groups in total. The van der Waals surface area contributed by atoms with Crippen LogP contribution in [-0.4, -0.2) is 18.8 Å². The van der Waals surface area contributed by atoms with E-state index >= 15 is 0 Å². The van der Waals surface area contributed by atoms with E-state index < -0.39 is 0 Å². The monoisotopic (exact) mass is 228 g/mol. The molecule has 0 aromatic rings. The van der Waals surface area contributed by atoms with E-state index in [1.807, 2.05) is 0 Å². The van der Waals surface area contributed by atoms with E-state index in [1.165, 1.54) is 25.7 Å². The minimum Gasteiger partial charge on any atom is -0.378 e. The molecule has 0 saturated carbocycles. The van der Waals surface area contributed by atoms with Crippen molar-refractivity contribution in [1.82, 2.24) is 5.43 Å². The molecular formula is C13H28N2O. The number of nitrogens with two attached hydrogens (primary N) is 1. The average molecular weight is 228 g/mol. The molecule has 0 aromatic carbocycles. The van der Waals surface area contributed by atoms with Crippen LogP contribution in [0, 0.1) is 11.8 Å². The van der Waals surface area contributed by atoms with Crippen LogP contribution in [0.15, 0.2) is 0 Å². The number of ether oxygens (including phenoxy) is 1. The van der Waals surface area contributed by atoms with Gasteiger partial charge in [0.25, 0.3) is 0 Å². The van der Waals surface area contributed by atoms with Crippen molar-refractivity contribution < 1.29 is 4.74 Å². The summed E-state index contributed by atoms with van der Waals surface area (Å²) in [5.74, 6) is 6.94. The van der Waals surface area contributed by atoms with Gasteiger partial charge in [0.1, 0.15) is 0 Å². The first-order valence-electron chi connectivity index (χ1n) is 6.73. The molecule has 1 aliphatic heterocycles. The maximum atomic E-state index is 5.62. The van der Waals surface area contributed by atoms with Gasteiger partial charge in [-0.1, -0.05) is 20.8 Å². The van der Waals surface area contributed by atoms with E-state index in [2.05, 4.69) is 26.2 Å². The van der Waals surface area contributed by atoms with Gasteiger partial charge in [0, 0.05) is 12.6 Å². The van der Waals surface area contributed by atoms with Crippen LogP contribution >= 0.6 is 0 Å². The maximum Gasteiger partial charge on any atom is 0.0576 e. The Balaban J connectivity index is 2.17. The van der Waals surface area contributed by atoms with Crippen molar-refractivity contribution in [3.63, 3.8) is 0 Å². The third-order valence-corrected chi connectivity index (χ3v) is 3.97. The van der Waals surface area contributed by atoms with E-state index in [1.54, 1.807) is 0 Å². The molecular weight excluding hydrogens is 200 g/mol. The van der Waals surface area contributed by atoms with Crippen molar-refractivity contribution in [3.8, 4) is 0 Å². The minimum absolute atomic E-state index is 0.446. The van der Waals surface area contributed by atoms with Gasteiger partial charge in [-0.25, -0.2) is 0 Å². The maximum absolute atomic E-state index is 5.62. The van der Waals surface area contributed by atoms with Crippen LogP contribution in [-0.2, 0) is 4.74 Å². The Morgan fingerprint density at radius 2 is 2.12 bits per heavy atom. The van der Waals surface area contributed by atoms with Crippen molar-refractivity contribution in [2.45, 2.75) is 65.0 Å². The normalized spacial score (nSPS) is 24.9. The predicted molar refractivity (Wildman–Crippen MR) is 67.9 cm³/mol. The van der Waals surface area contributed by atoms with Crippen LogP contribution in [0.5, 0.6) is 0 Å². The lowest BCUT2D eigenvalue weighted by atomic mass is 9.87. The Morgan fingerprint density at radius 3 is 2.62 bits per heavy atom. The molecule has 0 bridgehead atoms. The first-order chi connectivity index (χ1) is 7.65. The number of nitrogens with one attached hydrogen (secondary N) is 1. The fourth-order valence-corrected chi connectivity index (χ4v) is 2.40. The average Bonchev–Trinajstić information content (AvgIpc) is 2.76. The molecule has 1 rings (SSSR count). The molecule has 3 atom stereocenters. The second-order valence-electron chi connectivity index (χ2n) is 5.44. The van der Waals surface area contributed by atoms with E-state index in [9.17, 15) is 0 Å².